The van der Waals surface area contributed by atoms with E-state index in [1.165, 1.54) is 6.92 Å². The summed E-state index contributed by atoms with van der Waals surface area (Å²) < 4.78 is 10.0. The van der Waals surface area contributed by atoms with Gasteiger partial charge in [0.05, 0.1) is 6.61 Å². The number of nitrogens with one attached hydrogen (secondary N) is 1. The number of carbonyl (C=O) groups excluding carboxylic acids is 1. The van der Waals surface area contributed by atoms with Crippen molar-refractivity contribution in [3.05, 3.63) is 0 Å². The van der Waals surface area contributed by atoms with Crippen molar-refractivity contribution in [2.24, 2.45) is 0 Å². The van der Waals surface area contributed by atoms with E-state index in [1.54, 1.807) is 7.11 Å². The second kappa shape index (κ2) is 6.05. The van der Waals surface area contributed by atoms with Gasteiger partial charge in [-0.2, -0.15) is 0 Å². The van der Waals surface area contributed by atoms with Gasteiger partial charge in [0.1, 0.15) is 6.10 Å². The van der Waals surface area contributed by atoms with Gasteiger partial charge in [-0.1, -0.05) is 0 Å². The summed E-state index contributed by atoms with van der Waals surface area (Å²) >= 11 is 0. The molecule has 1 N–H and O–H groups in total. The zero-order valence-corrected chi connectivity index (χ0v) is 9.66. The fraction of sp³-hybridized carbons (Fsp3) is 0.900. The average Bonchev–Trinajstić information content (AvgIpc) is 2.08. The van der Waals surface area contributed by atoms with Crippen molar-refractivity contribution in [2.45, 2.75) is 26.0 Å². The lowest BCUT2D eigenvalue weighted by Crippen LogP contribution is -2.56. The lowest BCUT2D eigenvalue weighted by Gasteiger charge is -2.38. The Hall–Kier alpha value is -0.650. The van der Waals surface area contributed by atoms with Gasteiger partial charge in [0.25, 0.3) is 0 Å². The number of carbonyl (C=O) groups is 1. The highest BCUT2D eigenvalue weighted by Crippen LogP contribution is 2.10. The molecule has 5 heteroatoms. The summed E-state index contributed by atoms with van der Waals surface area (Å²) in [6, 6.07) is 0.350. The summed E-state index contributed by atoms with van der Waals surface area (Å²) in [6.07, 6.45) is 0.0852. The van der Waals surface area contributed by atoms with Gasteiger partial charge >= 0.3 is 5.97 Å². The van der Waals surface area contributed by atoms with Gasteiger partial charge in [0.2, 0.25) is 0 Å². The first-order valence-electron chi connectivity index (χ1n) is 5.23. The molecule has 1 fully saturated rings. The Kier molecular flexibility index (Phi) is 5.01. The molecule has 0 aromatic carbocycles. The maximum absolute atomic E-state index is 10.6. The average molecular weight is 216 g/mol. The first-order valence-corrected chi connectivity index (χ1v) is 5.23. The van der Waals surface area contributed by atoms with Crippen LogP contribution >= 0.6 is 0 Å². The third-order valence-electron chi connectivity index (χ3n) is 2.34. The Balaban J connectivity index is 2.00. The summed E-state index contributed by atoms with van der Waals surface area (Å²) in [7, 11) is 1.69. The van der Waals surface area contributed by atoms with Crippen molar-refractivity contribution in [3.63, 3.8) is 0 Å². The molecule has 0 saturated carbocycles. The number of nitrogens with zero attached hydrogens (tertiary/aromatic N) is 1. The summed E-state index contributed by atoms with van der Waals surface area (Å²) in [6.45, 7) is 6.70. The van der Waals surface area contributed by atoms with Crippen LogP contribution in [0.25, 0.3) is 0 Å². The Morgan fingerprint density at radius 3 is 2.80 bits per heavy atom. The number of hydrogen-bond acceptors (Lipinski definition) is 5. The van der Waals surface area contributed by atoms with E-state index in [4.69, 9.17) is 9.47 Å². The summed E-state index contributed by atoms with van der Waals surface area (Å²) in [4.78, 5) is 12.8. The van der Waals surface area contributed by atoms with Gasteiger partial charge in [-0.15, -0.1) is 0 Å². The van der Waals surface area contributed by atoms with Gasteiger partial charge in [-0.05, 0) is 6.92 Å². The quantitative estimate of drug-likeness (QED) is 0.624. The summed E-state index contributed by atoms with van der Waals surface area (Å²) in [5.74, 6) is -0.194. The molecule has 1 aliphatic rings. The van der Waals surface area contributed by atoms with Crippen molar-refractivity contribution < 1.29 is 14.3 Å². The zero-order chi connectivity index (χ0) is 11.3. The van der Waals surface area contributed by atoms with Gasteiger partial charge in [-0.25, -0.2) is 0 Å². The molecule has 1 rings (SSSR count). The molecule has 1 unspecified atom stereocenters. The Bertz CT molecular complexity index is 205. The first-order chi connectivity index (χ1) is 7.11. The van der Waals surface area contributed by atoms with Gasteiger partial charge in [0.15, 0.2) is 0 Å². The minimum Gasteiger partial charge on any atom is -0.460 e. The maximum atomic E-state index is 10.6. The van der Waals surface area contributed by atoms with Crippen LogP contribution in [0, 0.1) is 0 Å². The summed E-state index contributed by atoms with van der Waals surface area (Å²) in [5.41, 5.74) is 0. The second-order valence-electron chi connectivity index (χ2n) is 3.99. The molecule has 1 heterocycles. The lowest BCUT2D eigenvalue weighted by atomic mass is 10.2. The van der Waals surface area contributed by atoms with E-state index in [0.717, 1.165) is 19.8 Å². The van der Waals surface area contributed by atoms with Crippen LogP contribution in [0.15, 0.2) is 0 Å². The largest absolute Gasteiger partial charge is 0.460 e. The molecule has 1 saturated heterocycles. The first kappa shape index (κ1) is 12.4. The van der Waals surface area contributed by atoms with Crippen LogP contribution in [0.3, 0.4) is 0 Å². The fourth-order valence-electron chi connectivity index (χ4n) is 1.55. The Labute approximate surface area is 90.7 Å². The predicted octanol–water partition coefficient (Wildman–Crippen LogP) is -0.184. The standard InChI is InChI=1S/C10H20N2O3/c1-8(6-14-3)11-7-12-4-10(5-12)15-9(2)13/h8,10-11H,4-7H2,1-3H3. The van der Waals surface area contributed by atoms with Crippen LogP contribution in [0.2, 0.25) is 0 Å². The molecule has 0 aromatic heterocycles. The molecule has 15 heavy (non-hydrogen) atoms. The number of esters is 1. The van der Waals surface area contributed by atoms with Crippen LogP contribution in [0.4, 0.5) is 0 Å². The van der Waals surface area contributed by atoms with Gasteiger partial charge in [0, 0.05) is 39.8 Å². The molecular weight excluding hydrogens is 196 g/mol. The minimum absolute atomic E-state index is 0.0852. The number of likely N-dealkylation sites (tertiary alicyclic amines) is 1. The van der Waals surface area contributed by atoms with E-state index in [0.29, 0.717) is 12.6 Å². The van der Waals surface area contributed by atoms with E-state index >= 15 is 0 Å². The number of ether oxygens (including phenoxy) is 2. The van der Waals surface area contributed by atoms with Crippen molar-refractivity contribution in [3.8, 4) is 0 Å². The van der Waals surface area contributed by atoms with Crippen molar-refractivity contribution in [1.29, 1.82) is 0 Å². The van der Waals surface area contributed by atoms with Crippen LogP contribution in [-0.2, 0) is 14.3 Å². The molecule has 0 spiro atoms. The summed E-state index contributed by atoms with van der Waals surface area (Å²) in [5, 5.41) is 3.32. The predicted molar refractivity (Wildman–Crippen MR) is 56.5 cm³/mol. The molecule has 0 radical (unpaired) electrons. The highest BCUT2D eigenvalue weighted by atomic mass is 16.5. The molecule has 1 atom stereocenters. The smallest absolute Gasteiger partial charge is 0.302 e. The molecular formula is C10H20N2O3. The van der Waals surface area contributed by atoms with E-state index in [9.17, 15) is 4.79 Å². The molecule has 0 aliphatic carbocycles. The number of methoxy groups -OCH3 is 1. The molecule has 5 nitrogen and oxygen atoms in total. The third-order valence-corrected chi connectivity index (χ3v) is 2.34. The maximum Gasteiger partial charge on any atom is 0.302 e. The van der Waals surface area contributed by atoms with E-state index < -0.39 is 0 Å². The van der Waals surface area contributed by atoms with Crippen molar-refractivity contribution in [2.75, 3.05) is 33.5 Å². The van der Waals surface area contributed by atoms with E-state index in [-0.39, 0.29) is 12.1 Å². The monoisotopic (exact) mass is 216 g/mol. The highest BCUT2D eigenvalue weighted by molar-refractivity contribution is 5.66. The third kappa shape index (κ3) is 4.59. The molecule has 1 aliphatic heterocycles. The Morgan fingerprint density at radius 2 is 2.27 bits per heavy atom. The fourth-order valence-corrected chi connectivity index (χ4v) is 1.55. The van der Waals surface area contributed by atoms with Crippen LogP contribution in [0.1, 0.15) is 13.8 Å². The number of hydrogen-bond donors (Lipinski definition) is 1. The Morgan fingerprint density at radius 1 is 1.60 bits per heavy atom. The van der Waals surface area contributed by atoms with Gasteiger partial charge < -0.3 is 9.47 Å². The van der Waals surface area contributed by atoms with Crippen molar-refractivity contribution in [1.82, 2.24) is 10.2 Å². The van der Waals surface area contributed by atoms with Crippen molar-refractivity contribution >= 4 is 5.97 Å². The molecule has 0 bridgehead atoms. The van der Waals surface area contributed by atoms with Crippen LogP contribution < -0.4 is 5.32 Å². The molecule has 88 valence electrons. The normalized spacial score (nSPS) is 19.7. The van der Waals surface area contributed by atoms with Gasteiger partial charge in [-0.3, -0.25) is 15.0 Å². The SMILES string of the molecule is COCC(C)NCN1CC(OC(C)=O)C1. The zero-order valence-electron chi connectivity index (χ0n) is 9.66. The van der Waals surface area contributed by atoms with E-state index in [2.05, 4.69) is 17.1 Å². The van der Waals surface area contributed by atoms with Crippen LogP contribution in [0.5, 0.6) is 0 Å². The highest BCUT2D eigenvalue weighted by Gasteiger charge is 2.28. The number of rotatable bonds is 6. The minimum atomic E-state index is -0.194. The second-order valence-corrected chi connectivity index (χ2v) is 3.99. The molecule has 0 aromatic rings. The topological polar surface area (TPSA) is 50.8 Å². The van der Waals surface area contributed by atoms with Crippen LogP contribution in [-0.4, -0.2) is 56.5 Å². The molecule has 0 amide bonds. The lowest BCUT2D eigenvalue weighted by molar-refractivity contribution is -0.154. The van der Waals surface area contributed by atoms with E-state index in [1.807, 2.05) is 0 Å².